The Morgan fingerprint density at radius 1 is 1.60 bits per heavy atom. The van der Waals surface area contributed by atoms with Crippen molar-refractivity contribution in [3.8, 4) is 6.26 Å². The van der Waals surface area contributed by atoms with Crippen LogP contribution in [-0.2, 0) is 16.8 Å². The van der Waals surface area contributed by atoms with E-state index in [-0.39, 0.29) is 46.3 Å². The minimum absolute atomic E-state index is 0. The van der Waals surface area contributed by atoms with Gasteiger partial charge in [-0.1, -0.05) is 0 Å². The molecule has 0 N–H and O–H groups in total. The summed E-state index contributed by atoms with van der Waals surface area (Å²) in [5, 5.41) is 15.0. The van der Waals surface area contributed by atoms with Crippen LogP contribution >= 0.6 is 0 Å². The summed E-state index contributed by atoms with van der Waals surface area (Å²) in [6.45, 7) is 0. The average Bonchev–Trinajstić information content (AvgIpc) is 0.918. The Balaban J connectivity index is -0.0000000200. The van der Waals surface area contributed by atoms with Crippen LogP contribution in [0.4, 0.5) is 0 Å². The molecule has 0 bridgehead atoms. The normalized spacial score (nSPS) is 1.40. The van der Waals surface area contributed by atoms with Gasteiger partial charge in [0, 0.05) is 23.0 Å². The smallest absolute Gasteiger partial charge is 0.812 e. The average molecular weight is 124 g/mol. The third-order valence-electron chi connectivity index (χ3n) is 0. The fourth-order valence-electron chi connectivity index (χ4n) is 0. The summed E-state index contributed by atoms with van der Waals surface area (Å²) in [4.78, 5) is 0. The third-order valence-corrected chi connectivity index (χ3v) is 0. The van der Waals surface area contributed by atoms with E-state index in [0.29, 0.717) is 6.26 Å². The quantitative estimate of drug-likeness (QED) is 0.243. The summed E-state index contributed by atoms with van der Waals surface area (Å²) in [6, 6.07) is 0. The molecular formula is CCoNNaO. The van der Waals surface area contributed by atoms with Crippen LogP contribution in [0.2, 0.25) is 0 Å². The van der Waals surface area contributed by atoms with Crippen LogP contribution < -0.4 is 34.7 Å². The van der Waals surface area contributed by atoms with E-state index in [1.54, 1.807) is 0 Å². The Kier molecular flexibility index (Phi) is 73.1. The summed E-state index contributed by atoms with van der Waals surface area (Å²) in [5.41, 5.74) is 0. The topological polar surface area (TPSA) is 46.8 Å². The Bertz CT molecular complexity index is 33.1. The first-order valence-corrected chi connectivity index (χ1v) is 0.428. The first-order chi connectivity index (χ1) is 1.41. The van der Waals surface area contributed by atoms with Crippen molar-refractivity contribution in [2.24, 2.45) is 0 Å². The van der Waals surface area contributed by atoms with E-state index in [2.05, 4.69) is 0 Å². The minimum atomic E-state index is 0. The number of hydrogen-bond acceptors (Lipinski definition) is 2. The number of nitriles is 1. The van der Waals surface area contributed by atoms with Crippen LogP contribution in [0.3, 0.4) is 0 Å². The maximum Gasteiger partial charge on any atom is 1.00 e. The van der Waals surface area contributed by atoms with Gasteiger partial charge in [0.2, 0.25) is 0 Å². The molecule has 0 aliphatic carbocycles. The SMILES string of the molecule is N#C[O-].[Co].[Na+]. The molecular weight excluding hydrogens is 124 g/mol. The van der Waals surface area contributed by atoms with E-state index in [0.717, 1.165) is 0 Å². The van der Waals surface area contributed by atoms with Crippen LogP contribution in [0, 0.1) is 11.5 Å². The van der Waals surface area contributed by atoms with Gasteiger partial charge in [0.1, 0.15) is 0 Å². The fraction of sp³-hybridized carbons (Fsp3) is 0. The van der Waals surface area contributed by atoms with Crippen LogP contribution in [0.15, 0.2) is 0 Å². The van der Waals surface area contributed by atoms with E-state index in [1.165, 1.54) is 0 Å². The largest absolute Gasteiger partial charge is 1.00 e. The molecule has 0 rings (SSSR count). The molecule has 0 aliphatic rings. The van der Waals surface area contributed by atoms with Gasteiger partial charge in [-0.25, -0.2) is 5.26 Å². The van der Waals surface area contributed by atoms with Gasteiger partial charge in [0.25, 0.3) is 0 Å². The van der Waals surface area contributed by atoms with Gasteiger partial charge in [0.15, 0.2) is 0 Å². The Morgan fingerprint density at radius 2 is 1.60 bits per heavy atom. The Morgan fingerprint density at radius 3 is 1.60 bits per heavy atom. The Labute approximate surface area is 62.7 Å². The molecule has 25 valence electrons. The van der Waals surface area contributed by atoms with Gasteiger partial charge < -0.3 is 5.11 Å². The monoisotopic (exact) mass is 124 g/mol. The summed E-state index contributed by atoms with van der Waals surface area (Å²) in [5.74, 6) is 0. The van der Waals surface area contributed by atoms with Crippen molar-refractivity contribution in [2.75, 3.05) is 0 Å². The van der Waals surface area contributed by atoms with Crippen molar-refractivity contribution in [3.63, 3.8) is 0 Å². The predicted octanol–water partition coefficient (Wildman–Crippen LogP) is -4.17. The van der Waals surface area contributed by atoms with E-state index in [1.807, 2.05) is 0 Å². The molecule has 0 aliphatic heterocycles. The maximum atomic E-state index is 8.24. The van der Waals surface area contributed by atoms with Crippen molar-refractivity contribution in [2.45, 2.75) is 0 Å². The summed E-state index contributed by atoms with van der Waals surface area (Å²) < 4.78 is 0. The van der Waals surface area contributed by atoms with E-state index >= 15 is 0 Å². The standard InChI is InChI=1S/CHNO.Co.Na/c2-1-3;;/h3H;;/q;;+1/p-1. The minimum Gasteiger partial charge on any atom is -0.812 e. The van der Waals surface area contributed by atoms with E-state index in [4.69, 9.17) is 10.4 Å². The second-order valence-corrected chi connectivity index (χ2v) is 0.0913. The summed E-state index contributed by atoms with van der Waals surface area (Å²) in [6.07, 6.45) is 0.500. The molecule has 0 spiro atoms. The second kappa shape index (κ2) is 21.4. The summed E-state index contributed by atoms with van der Waals surface area (Å²) in [7, 11) is 0. The molecule has 2 nitrogen and oxygen atoms in total. The second-order valence-electron chi connectivity index (χ2n) is 0.0913. The van der Waals surface area contributed by atoms with Gasteiger partial charge in [-0.05, 0) is 0 Å². The predicted molar refractivity (Wildman–Crippen MR) is 5.61 cm³/mol. The zero-order valence-electron chi connectivity index (χ0n) is 2.69. The summed E-state index contributed by atoms with van der Waals surface area (Å²) >= 11 is 0. The van der Waals surface area contributed by atoms with Gasteiger partial charge >= 0.3 is 29.6 Å². The molecule has 0 saturated carbocycles. The molecule has 0 aromatic heterocycles. The molecule has 0 heterocycles. The van der Waals surface area contributed by atoms with Crippen LogP contribution in [0.25, 0.3) is 0 Å². The van der Waals surface area contributed by atoms with Crippen molar-refractivity contribution in [1.29, 1.82) is 5.26 Å². The molecule has 4 heteroatoms. The molecule has 0 amide bonds. The molecule has 0 unspecified atom stereocenters. The maximum absolute atomic E-state index is 8.24. The fourth-order valence-corrected chi connectivity index (χ4v) is 0. The third kappa shape index (κ3) is 59.1. The van der Waals surface area contributed by atoms with Crippen LogP contribution in [-0.4, -0.2) is 0 Å². The van der Waals surface area contributed by atoms with Crippen molar-refractivity contribution < 1.29 is 51.4 Å². The van der Waals surface area contributed by atoms with E-state index in [9.17, 15) is 0 Å². The van der Waals surface area contributed by atoms with Crippen LogP contribution in [0.5, 0.6) is 0 Å². The van der Waals surface area contributed by atoms with Crippen molar-refractivity contribution >= 4 is 0 Å². The molecule has 1 radical (unpaired) electrons. The molecule has 0 aromatic carbocycles. The van der Waals surface area contributed by atoms with Gasteiger partial charge in [-0.15, -0.1) is 0 Å². The molecule has 0 aromatic rings. The molecule has 0 fully saturated rings. The number of hydrogen-bond donors (Lipinski definition) is 0. The van der Waals surface area contributed by atoms with Crippen molar-refractivity contribution in [1.82, 2.24) is 0 Å². The van der Waals surface area contributed by atoms with Crippen LogP contribution in [0.1, 0.15) is 0 Å². The molecule has 0 atom stereocenters. The molecule has 0 saturated heterocycles. The number of nitrogens with zero attached hydrogens (tertiary/aromatic N) is 1. The van der Waals surface area contributed by atoms with E-state index < -0.39 is 0 Å². The molecule has 5 heavy (non-hydrogen) atoms. The van der Waals surface area contributed by atoms with Crippen molar-refractivity contribution in [3.05, 3.63) is 0 Å². The number of rotatable bonds is 0. The zero-order chi connectivity index (χ0) is 2.71. The van der Waals surface area contributed by atoms with Gasteiger partial charge in [0.05, 0.1) is 0 Å². The van der Waals surface area contributed by atoms with Gasteiger partial charge in [-0.2, -0.15) is 0 Å². The first-order valence-electron chi connectivity index (χ1n) is 0.428. The Hall–Kier alpha value is 0.796. The first kappa shape index (κ1) is 17.1. The zero-order valence-corrected chi connectivity index (χ0v) is 5.73. The van der Waals surface area contributed by atoms with Gasteiger partial charge in [-0.3, -0.25) is 0 Å².